The molecule has 9 heteroatoms. The number of nitrogens with two attached hydrogens (primary N) is 1. The van der Waals surface area contributed by atoms with Crippen molar-refractivity contribution in [2.45, 2.75) is 20.0 Å². The van der Waals surface area contributed by atoms with Crippen LogP contribution in [0.3, 0.4) is 0 Å². The van der Waals surface area contributed by atoms with Gasteiger partial charge in [0.15, 0.2) is 5.65 Å². The third kappa shape index (κ3) is 4.43. The molecule has 0 aliphatic carbocycles. The Morgan fingerprint density at radius 2 is 2.15 bits per heavy atom. The molecule has 0 aliphatic rings. The molecule has 0 saturated heterocycles. The first-order valence-electron chi connectivity index (χ1n) is 8.66. The average Bonchev–Trinajstić information content (AvgIpc) is 3.04. The second-order valence-corrected chi connectivity index (χ2v) is 6.38. The molecular weight excluding hydrogens is 346 g/mol. The number of rotatable bonds is 6. The van der Waals surface area contributed by atoms with Crippen LogP contribution in [0.2, 0.25) is 0 Å². The third-order valence-corrected chi connectivity index (χ3v) is 3.84. The summed E-state index contributed by atoms with van der Waals surface area (Å²) in [4.78, 5) is 21.7. The number of anilines is 2. The molecule has 9 nitrogen and oxygen atoms in total. The Hall–Kier alpha value is -3.36. The summed E-state index contributed by atoms with van der Waals surface area (Å²) in [5, 5.41) is 7.79. The zero-order valence-corrected chi connectivity index (χ0v) is 15.6. The number of amides is 1. The van der Waals surface area contributed by atoms with Crippen LogP contribution >= 0.6 is 0 Å². The maximum atomic E-state index is 11.8. The Kier molecular flexibility index (Phi) is 5.39. The highest BCUT2D eigenvalue weighted by Gasteiger charge is 2.12. The molecule has 3 rings (SSSR count). The molecule has 0 fully saturated rings. The van der Waals surface area contributed by atoms with Crippen molar-refractivity contribution in [3.63, 3.8) is 0 Å². The van der Waals surface area contributed by atoms with E-state index in [0.29, 0.717) is 24.7 Å². The smallest absolute Gasteiger partial charge is 0.409 e. The normalized spacial score (nSPS) is 11.0. The molecular formula is C18H23N7O2. The summed E-state index contributed by atoms with van der Waals surface area (Å²) in [5.74, 6) is 1.11. The lowest BCUT2D eigenvalue weighted by Crippen LogP contribution is -2.33. The van der Waals surface area contributed by atoms with Gasteiger partial charge in [-0.1, -0.05) is 0 Å². The quantitative estimate of drug-likeness (QED) is 0.685. The van der Waals surface area contributed by atoms with Gasteiger partial charge in [0.05, 0.1) is 18.0 Å². The van der Waals surface area contributed by atoms with Crippen LogP contribution in [0.1, 0.15) is 13.8 Å². The first-order valence-corrected chi connectivity index (χ1v) is 8.66. The minimum absolute atomic E-state index is 0.140. The number of carbonyl (C=O) groups excluding carboxylic acids is 1. The van der Waals surface area contributed by atoms with Gasteiger partial charge in [-0.05, 0) is 38.1 Å². The molecule has 0 bridgehead atoms. The maximum Gasteiger partial charge on any atom is 0.409 e. The first-order chi connectivity index (χ1) is 12.9. The van der Waals surface area contributed by atoms with E-state index in [2.05, 4.69) is 20.4 Å². The summed E-state index contributed by atoms with van der Waals surface area (Å²) < 4.78 is 6.90. The van der Waals surface area contributed by atoms with E-state index >= 15 is 0 Å². The van der Waals surface area contributed by atoms with Gasteiger partial charge in [0.1, 0.15) is 11.6 Å². The third-order valence-electron chi connectivity index (χ3n) is 3.84. The summed E-state index contributed by atoms with van der Waals surface area (Å²) >= 11 is 0. The van der Waals surface area contributed by atoms with Crippen molar-refractivity contribution >= 4 is 23.4 Å². The van der Waals surface area contributed by atoms with Crippen molar-refractivity contribution in [3.8, 4) is 11.3 Å². The SMILES string of the molecule is CC(C)OC(=O)N(C)CCNc1ccc2ncc(-c3ccnc(N)c3)n2n1. The Morgan fingerprint density at radius 3 is 2.89 bits per heavy atom. The molecule has 0 atom stereocenters. The van der Waals surface area contributed by atoms with Crippen LogP contribution in [0.15, 0.2) is 36.7 Å². The molecule has 3 N–H and O–H groups in total. The molecule has 3 aromatic heterocycles. The molecule has 3 aromatic rings. The number of aromatic nitrogens is 4. The number of ether oxygens (including phenoxy) is 1. The monoisotopic (exact) mass is 369 g/mol. The molecule has 0 saturated carbocycles. The number of nitrogens with one attached hydrogen (secondary N) is 1. The molecule has 27 heavy (non-hydrogen) atoms. The van der Waals surface area contributed by atoms with E-state index in [1.165, 1.54) is 4.90 Å². The lowest BCUT2D eigenvalue weighted by atomic mass is 10.2. The topological polar surface area (TPSA) is 111 Å². The first kappa shape index (κ1) is 18.4. The fraction of sp³-hybridized carbons (Fsp3) is 0.333. The number of carbonyl (C=O) groups is 1. The van der Waals surface area contributed by atoms with Gasteiger partial charge >= 0.3 is 6.09 Å². The number of imidazole rings is 1. The van der Waals surface area contributed by atoms with E-state index in [1.807, 2.05) is 32.0 Å². The maximum absolute atomic E-state index is 11.8. The van der Waals surface area contributed by atoms with E-state index in [1.54, 1.807) is 30.0 Å². The van der Waals surface area contributed by atoms with Crippen molar-refractivity contribution in [1.29, 1.82) is 0 Å². The second-order valence-electron chi connectivity index (χ2n) is 6.38. The number of hydrogen-bond acceptors (Lipinski definition) is 7. The predicted molar refractivity (Wildman–Crippen MR) is 103 cm³/mol. The molecule has 142 valence electrons. The van der Waals surface area contributed by atoms with Crippen molar-refractivity contribution < 1.29 is 9.53 Å². The molecule has 0 spiro atoms. The summed E-state index contributed by atoms with van der Waals surface area (Å²) in [6.07, 6.45) is 2.91. The van der Waals surface area contributed by atoms with Crippen molar-refractivity contribution in [2.24, 2.45) is 0 Å². The van der Waals surface area contributed by atoms with E-state index in [9.17, 15) is 4.79 Å². The minimum Gasteiger partial charge on any atom is -0.447 e. The van der Waals surface area contributed by atoms with Crippen LogP contribution in [0.4, 0.5) is 16.4 Å². The number of hydrogen-bond donors (Lipinski definition) is 2. The lowest BCUT2D eigenvalue weighted by molar-refractivity contribution is 0.0851. The largest absolute Gasteiger partial charge is 0.447 e. The van der Waals surface area contributed by atoms with E-state index < -0.39 is 0 Å². The number of pyridine rings is 1. The van der Waals surface area contributed by atoms with Crippen LogP contribution < -0.4 is 11.1 Å². The van der Waals surface area contributed by atoms with E-state index in [4.69, 9.17) is 10.5 Å². The molecule has 3 heterocycles. The van der Waals surface area contributed by atoms with Gasteiger partial charge in [-0.2, -0.15) is 0 Å². The lowest BCUT2D eigenvalue weighted by Gasteiger charge is -2.19. The molecule has 0 radical (unpaired) electrons. The van der Waals surface area contributed by atoms with Crippen LogP contribution in [0.25, 0.3) is 16.9 Å². The van der Waals surface area contributed by atoms with Gasteiger partial charge in [0.25, 0.3) is 0 Å². The summed E-state index contributed by atoms with van der Waals surface area (Å²) in [6.45, 7) is 4.67. The fourth-order valence-electron chi connectivity index (χ4n) is 2.51. The summed E-state index contributed by atoms with van der Waals surface area (Å²) in [5.41, 5.74) is 8.20. The Morgan fingerprint density at radius 1 is 1.33 bits per heavy atom. The zero-order valence-electron chi connectivity index (χ0n) is 15.6. The van der Waals surface area contributed by atoms with Gasteiger partial charge in [0.2, 0.25) is 0 Å². The van der Waals surface area contributed by atoms with Gasteiger partial charge in [0, 0.05) is 31.9 Å². The number of nitrogens with zero attached hydrogens (tertiary/aromatic N) is 5. The zero-order chi connectivity index (χ0) is 19.4. The highest BCUT2D eigenvalue weighted by Crippen LogP contribution is 2.21. The van der Waals surface area contributed by atoms with Crippen molar-refractivity contribution in [1.82, 2.24) is 24.5 Å². The van der Waals surface area contributed by atoms with Crippen LogP contribution in [0.5, 0.6) is 0 Å². The number of nitrogen functional groups attached to an aromatic ring is 1. The molecule has 1 amide bonds. The molecule has 0 aliphatic heterocycles. The van der Waals surface area contributed by atoms with Gasteiger partial charge in [-0.25, -0.2) is 19.3 Å². The highest BCUT2D eigenvalue weighted by molar-refractivity contribution is 5.67. The number of fused-ring (bicyclic) bond motifs is 1. The summed E-state index contributed by atoms with van der Waals surface area (Å²) in [7, 11) is 1.70. The predicted octanol–water partition coefficient (Wildman–Crippen LogP) is 2.26. The van der Waals surface area contributed by atoms with Crippen LogP contribution in [0, 0.1) is 0 Å². The Bertz CT molecular complexity index is 938. The van der Waals surface area contributed by atoms with Crippen LogP contribution in [-0.4, -0.2) is 56.8 Å². The van der Waals surface area contributed by atoms with E-state index in [-0.39, 0.29) is 12.2 Å². The summed E-state index contributed by atoms with van der Waals surface area (Å²) in [6, 6.07) is 7.36. The second kappa shape index (κ2) is 7.90. The Balaban J connectivity index is 1.69. The fourth-order valence-corrected chi connectivity index (χ4v) is 2.51. The van der Waals surface area contributed by atoms with Crippen LogP contribution in [-0.2, 0) is 4.74 Å². The van der Waals surface area contributed by atoms with Crippen molar-refractivity contribution in [2.75, 3.05) is 31.2 Å². The van der Waals surface area contributed by atoms with Gasteiger partial charge in [-0.15, -0.1) is 5.10 Å². The van der Waals surface area contributed by atoms with Crippen molar-refractivity contribution in [3.05, 3.63) is 36.7 Å². The highest BCUT2D eigenvalue weighted by atomic mass is 16.6. The Labute approximate surface area is 157 Å². The molecule has 0 unspecified atom stereocenters. The van der Waals surface area contributed by atoms with Gasteiger partial charge in [-0.3, -0.25) is 0 Å². The standard InChI is InChI=1S/C18H23N7O2/c1-12(2)27-18(26)24(3)9-8-21-16-4-5-17-22-11-14(25(17)23-16)13-6-7-20-15(19)10-13/h4-7,10-12H,8-9H2,1-3H3,(H2,19,20)(H,21,23). The van der Waals surface area contributed by atoms with E-state index in [0.717, 1.165) is 16.9 Å². The number of likely N-dealkylation sites (N-methyl/N-ethyl adjacent to an activating group) is 1. The molecule has 0 aromatic carbocycles. The average molecular weight is 369 g/mol. The van der Waals surface area contributed by atoms with Gasteiger partial charge < -0.3 is 20.7 Å². The minimum atomic E-state index is -0.345.